The number of likely N-dealkylation sites (tertiary alicyclic amines) is 1. The molecule has 2 heteroatoms. The molecule has 2 nitrogen and oxygen atoms in total. The second-order valence-electron chi connectivity index (χ2n) is 6.28. The number of ether oxygens (including phenoxy) is 1. The quantitative estimate of drug-likeness (QED) is 0.550. The maximum absolute atomic E-state index is 6.06. The third kappa shape index (κ3) is 4.89. The van der Waals surface area contributed by atoms with Gasteiger partial charge in [-0.1, -0.05) is 31.2 Å². The molecule has 0 amide bonds. The van der Waals surface area contributed by atoms with Crippen molar-refractivity contribution in [1.29, 1.82) is 0 Å². The molecule has 1 aromatic rings. The van der Waals surface area contributed by atoms with E-state index >= 15 is 0 Å². The van der Waals surface area contributed by atoms with Crippen LogP contribution in [0.25, 0.3) is 0 Å². The van der Waals surface area contributed by atoms with Crippen LogP contribution in [0.3, 0.4) is 0 Å². The second-order valence-corrected chi connectivity index (χ2v) is 6.28. The zero-order chi connectivity index (χ0) is 15.1. The minimum atomic E-state index is 0.807. The predicted octanol–water partition coefficient (Wildman–Crippen LogP) is 4.22. The van der Waals surface area contributed by atoms with Crippen LogP contribution in [0.15, 0.2) is 30.9 Å². The highest BCUT2D eigenvalue weighted by molar-refractivity contribution is 5.41. The fourth-order valence-electron chi connectivity index (χ4n) is 2.98. The number of aryl methyl sites for hydroxylation is 1. The molecule has 2 rings (SSSR count). The monoisotopic (exact) mass is 287 g/mol. The Morgan fingerprint density at radius 3 is 2.81 bits per heavy atom. The van der Waals surface area contributed by atoms with Crippen molar-refractivity contribution in [2.45, 2.75) is 39.5 Å². The molecule has 21 heavy (non-hydrogen) atoms. The van der Waals surface area contributed by atoms with Crippen molar-refractivity contribution in [2.75, 3.05) is 26.2 Å². The van der Waals surface area contributed by atoms with Gasteiger partial charge in [0, 0.05) is 6.54 Å². The summed E-state index contributed by atoms with van der Waals surface area (Å²) in [6.45, 7) is 12.8. The number of hydrogen-bond acceptors (Lipinski definition) is 2. The molecule has 0 bridgehead atoms. The number of nitrogens with zero attached hydrogens (tertiary/aromatic N) is 1. The van der Waals surface area contributed by atoms with E-state index in [0.717, 1.165) is 37.7 Å². The molecule has 0 aliphatic carbocycles. The average molecular weight is 287 g/mol. The van der Waals surface area contributed by atoms with E-state index < -0.39 is 0 Å². The lowest BCUT2D eigenvalue weighted by Gasteiger charge is -2.30. The van der Waals surface area contributed by atoms with Gasteiger partial charge in [0.1, 0.15) is 5.75 Å². The molecule has 0 unspecified atom stereocenters. The van der Waals surface area contributed by atoms with E-state index in [-0.39, 0.29) is 0 Å². The molecule has 0 N–H and O–H groups in total. The number of rotatable bonds is 7. The summed E-state index contributed by atoms with van der Waals surface area (Å²) in [7, 11) is 0. The summed E-state index contributed by atoms with van der Waals surface area (Å²) in [6.07, 6.45) is 6.62. The Kier molecular flexibility index (Phi) is 6.31. The van der Waals surface area contributed by atoms with Crippen LogP contribution in [-0.2, 0) is 6.42 Å². The van der Waals surface area contributed by atoms with Crippen LogP contribution >= 0.6 is 0 Å². The summed E-state index contributed by atoms with van der Waals surface area (Å²) in [4.78, 5) is 2.58. The topological polar surface area (TPSA) is 12.5 Å². The number of allylic oxidation sites excluding steroid dienone is 1. The van der Waals surface area contributed by atoms with Gasteiger partial charge < -0.3 is 9.64 Å². The summed E-state index contributed by atoms with van der Waals surface area (Å²) < 4.78 is 6.06. The maximum Gasteiger partial charge on any atom is 0.125 e. The SMILES string of the molecule is C=CCc1cccc(C)c1OCCCN1CCC(C)CC1. The van der Waals surface area contributed by atoms with Crippen molar-refractivity contribution in [3.8, 4) is 5.75 Å². The number of hydrogen-bond donors (Lipinski definition) is 0. The minimum Gasteiger partial charge on any atom is -0.493 e. The van der Waals surface area contributed by atoms with Gasteiger partial charge in [-0.05, 0) is 62.7 Å². The highest BCUT2D eigenvalue weighted by Gasteiger charge is 2.15. The van der Waals surface area contributed by atoms with Crippen molar-refractivity contribution >= 4 is 0 Å². The summed E-state index contributed by atoms with van der Waals surface area (Å²) >= 11 is 0. The zero-order valence-corrected chi connectivity index (χ0v) is 13.6. The Bertz CT molecular complexity index is 447. The van der Waals surface area contributed by atoms with Crippen LogP contribution in [0, 0.1) is 12.8 Å². The van der Waals surface area contributed by atoms with E-state index in [0.29, 0.717) is 0 Å². The van der Waals surface area contributed by atoms with Crippen LogP contribution < -0.4 is 4.74 Å². The van der Waals surface area contributed by atoms with Crippen molar-refractivity contribution < 1.29 is 4.74 Å². The van der Waals surface area contributed by atoms with Crippen LogP contribution in [0.1, 0.15) is 37.3 Å². The lowest BCUT2D eigenvalue weighted by Crippen LogP contribution is -2.34. The predicted molar refractivity (Wildman–Crippen MR) is 90.0 cm³/mol. The van der Waals surface area contributed by atoms with Gasteiger partial charge in [0.05, 0.1) is 6.61 Å². The normalized spacial score (nSPS) is 16.9. The second kappa shape index (κ2) is 8.23. The third-order valence-corrected chi connectivity index (χ3v) is 4.40. The highest BCUT2D eigenvalue weighted by Crippen LogP contribution is 2.24. The van der Waals surface area contributed by atoms with Crippen LogP contribution in [0.5, 0.6) is 5.75 Å². The molecule has 116 valence electrons. The summed E-state index contributed by atoms with van der Waals surface area (Å²) in [6, 6.07) is 6.35. The molecule has 1 saturated heterocycles. The van der Waals surface area contributed by atoms with Crippen LogP contribution in [0.2, 0.25) is 0 Å². The smallest absolute Gasteiger partial charge is 0.125 e. The minimum absolute atomic E-state index is 0.807. The van der Waals surface area contributed by atoms with Gasteiger partial charge in [-0.2, -0.15) is 0 Å². The molecule has 0 aromatic heterocycles. The van der Waals surface area contributed by atoms with Crippen molar-refractivity contribution in [1.82, 2.24) is 4.90 Å². The van der Waals surface area contributed by atoms with Gasteiger partial charge >= 0.3 is 0 Å². The molecule has 1 aliphatic heterocycles. The zero-order valence-electron chi connectivity index (χ0n) is 13.6. The van der Waals surface area contributed by atoms with E-state index in [2.05, 4.69) is 43.5 Å². The highest BCUT2D eigenvalue weighted by atomic mass is 16.5. The first-order valence-corrected chi connectivity index (χ1v) is 8.25. The van der Waals surface area contributed by atoms with Gasteiger partial charge in [0.2, 0.25) is 0 Å². The molecule has 1 fully saturated rings. The van der Waals surface area contributed by atoms with Gasteiger partial charge in [-0.25, -0.2) is 0 Å². The molecular formula is C19H29NO. The molecule has 1 aliphatic rings. The summed E-state index contributed by atoms with van der Waals surface area (Å²) in [5.74, 6) is 1.97. The summed E-state index contributed by atoms with van der Waals surface area (Å²) in [5.41, 5.74) is 2.47. The third-order valence-electron chi connectivity index (χ3n) is 4.40. The Morgan fingerprint density at radius 1 is 1.33 bits per heavy atom. The lowest BCUT2D eigenvalue weighted by molar-refractivity contribution is 0.177. The largest absolute Gasteiger partial charge is 0.493 e. The average Bonchev–Trinajstić information content (AvgIpc) is 2.48. The van der Waals surface area contributed by atoms with E-state index in [9.17, 15) is 0 Å². The van der Waals surface area contributed by atoms with Crippen molar-refractivity contribution in [2.24, 2.45) is 5.92 Å². The van der Waals surface area contributed by atoms with Crippen LogP contribution in [0.4, 0.5) is 0 Å². The molecule has 1 aromatic carbocycles. The first kappa shape index (κ1) is 16.1. The van der Waals surface area contributed by atoms with Gasteiger partial charge in [-0.3, -0.25) is 0 Å². The fourth-order valence-corrected chi connectivity index (χ4v) is 2.98. The van der Waals surface area contributed by atoms with Crippen LogP contribution in [-0.4, -0.2) is 31.1 Å². The van der Waals surface area contributed by atoms with Crippen molar-refractivity contribution in [3.05, 3.63) is 42.0 Å². The van der Waals surface area contributed by atoms with Gasteiger partial charge in [0.15, 0.2) is 0 Å². The van der Waals surface area contributed by atoms with E-state index in [1.807, 2.05) is 6.08 Å². The fraction of sp³-hybridized carbons (Fsp3) is 0.579. The molecule has 0 saturated carbocycles. The van der Waals surface area contributed by atoms with E-state index in [1.165, 1.54) is 37.1 Å². The Labute approximate surface area is 129 Å². The molecule has 1 heterocycles. The van der Waals surface area contributed by atoms with Gasteiger partial charge in [0.25, 0.3) is 0 Å². The summed E-state index contributed by atoms with van der Waals surface area (Å²) in [5, 5.41) is 0. The number of para-hydroxylation sites is 1. The first-order valence-electron chi connectivity index (χ1n) is 8.25. The molecular weight excluding hydrogens is 258 g/mol. The standard InChI is InChI=1S/C19H29NO/c1-4-7-18-9-5-8-17(3)19(18)21-15-6-12-20-13-10-16(2)11-14-20/h4-5,8-9,16H,1,6-7,10-15H2,2-3H3. The Hall–Kier alpha value is -1.28. The number of piperidine rings is 1. The molecule has 0 atom stereocenters. The Balaban J connectivity index is 1.77. The Morgan fingerprint density at radius 2 is 2.10 bits per heavy atom. The van der Waals surface area contributed by atoms with E-state index in [4.69, 9.17) is 4.74 Å². The van der Waals surface area contributed by atoms with E-state index in [1.54, 1.807) is 0 Å². The molecule has 0 spiro atoms. The lowest BCUT2D eigenvalue weighted by atomic mass is 9.99. The number of benzene rings is 1. The maximum atomic E-state index is 6.06. The van der Waals surface area contributed by atoms with Gasteiger partial charge in [-0.15, -0.1) is 6.58 Å². The molecule has 0 radical (unpaired) electrons. The first-order chi connectivity index (χ1) is 10.2. The van der Waals surface area contributed by atoms with Crippen molar-refractivity contribution in [3.63, 3.8) is 0 Å².